The van der Waals surface area contributed by atoms with Crippen molar-refractivity contribution in [2.24, 2.45) is 4.99 Å². The van der Waals surface area contributed by atoms with E-state index in [0.717, 1.165) is 60.6 Å². The largest absolute Gasteiger partial charge is 0.347 e. The average Bonchev–Trinajstić information content (AvgIpc) is 3.40. The fourth-order valence-electron chi connectivity index (χ4n) is 3.90. The second-order valence-electron chi connectivity index (χ2n) is 8.08. The van der Waals surface area contributed by atoms with Gasteiger partial charge >= 0.3 is 0 Å². The molecule has 0 atom stereocenters. The molecule has 2 aliphatic rings. The standard InChI is InChI=1S/C22H31N7/c1-5-6-21-22(18-12-24-28(14-18)16(2)3)26-20(15-27(21)4)17-11-25-29(13-17)19-7-9-23-10-8-19/h6,11-16,19,23H,5,7-10H2,1-4H3/b21-6-. The molecule has 0 unspecified atom stereocenters. The molecule has 0 radical (unpaired) electrons. The van der Waals surface area contributed by atoms with Crippen LogP contribution in [0, 0.1) is 0 Å². The molecule has 0 amide bonds. The Morgan fingerprint density at radius 2 is 1.90 bits per heavy atom. The predicted molar refractivity (Wildman–Crippen MR) is 117 cm³/mol. The number of hydrogen-bond acceptors (Lipinski definition) is 5. The summed E-state index contributed by atoms with van der Waals surface area (Å²) >= 11 is 0. The van der Waals surface area contributed by atoms with Crippen LogP contribution in [0.5, 0.6) is 0 Å². The minimum Gasteiger partial charge on any atom is -0.347 e. The number of nitrogens with zero attached hydrogens (tertiary/aromatic N) is 6. The molecule has 154 valence electrons. The Morgan fingerprint density at radius 3 is 2.59 bits per heavy atom. The molecule has 0 spiro atoms. The SMILES string of the molecule is CC/C=C1/C(c2cnn(C(C)C)c2)=NC(c2cnn(C3CCNCC3)c2)=CN1C. The van der Waals surface area contributed by atoms with Gasteiger partial charge in [-0.3, -0.25) is 9.36 Å². The first-order valence-electron chi connectivity index (χ1n) is 10.6. The van der Waals surface area contributed by atoms with Gasteiger partial charge in [-0.2, -0.15) is 10.2 Å². The summed E-state index contributed by atoms with van der Waals surface area (Å²) in [5.74, 6) is 0. The summed E-state index contributed by atoms with van der Waals surface area (Å²) in [4.78, 5) is 7.22. The summed E-state index contributed by atoms with van der Waals surface area (Å²) in [5, 5.41) is 12.6. The van der Waals surface area contributed by atoms with Gasteiger partial charge in [-0.15, -0.1) is 0 Å². The number of piperidine rings is 1. The van der Waals surface area contributed by atoms with Crippen LogP contribution in [0.25, 0.3) is 5.70 Å². The summed E-state index contributed by atoms with van der Waals surface area (Å²) < 4.78 is 4.09. The van der Waals surface area contributed by atoms with Crippen molar-refractivity contribution in [2.45, 2.75) is 52.1 Å². The summed E-state index contributed by atoms with van der Waals surface area (Å²) in [7, 11) is 2.08. The maximum Gasteiger partial charge on any atom is 0.0974 e. The van der Waals surface area contributed by atoms with Crippen LogP contribution in [0.3, 0.4) is 0 Å². The number of hydrogen-bond donors (Lipinski definition) is 1. The highest BCUT2D eigenvalue weighted by atomic mass is 15.3. The fraction of sp³-hybridized carbons (Fsp3) is 0.500. The zero-order valence-electron chi connectivity index (χ0n) is 17.8. The Balaban J connectivity index is 1.68. The smallest absolute Gasteiger partial charge is 0.0974 e. The minimum absolute atomic E-state index is 0.322. The van der Waals surface area contributed by atoms with Crippen LogP contribution < -0.4 is 5.32 Å². The average molecular weight is 394 g/mol. The van der Waals surface area contributed by atoms with Gasteiger partial charge in [0.2, 0.25) is 0 Å². The molecule has 1 saturated heterocycles. The molecule has 0 aliphatic carbocycles. The molecule has 0 saturated carbocycles. The topological polar surface area (TPSA) is 63.3 Å². The normalized spacial score (nSPS) is 19.8. The molecular weight excluding hydrogens is 362 g/mol. The Labute approximate surface area is 172 Å². The third-order valence-electron chi connectivity index (χ3n) is 5.55. The van der Waals surface area contributed by atoms with Gasteiger partial charge in [-0.05, 0) is 46.2 Å². The van der Waals surface area contributed by atoms with Gasteiger partial charge in [0.25, 0.3) is 0 Å². The van der Waals surface area contributed by atoms with E-state index in [4.69, 9.17) is 4.99 Å². The lowest BCUT2D eigenvalue weighted by atomic mass is 10.1. The molecular formula is C22H31N7. The molecule has 4 rings (SSSR count). The van der Waals surface area contributed by atoms with Crippen LogP contribution in [0.15, 0.2) is 47.8 Å². The van der Waals surface area contributed by atoms with E-state index < -0.39 is 0 Å². The first-order valence-corrected chi connectivity index (χ1v) is 10.6. The van der Waals surface area contributed by atoms with E-state index in [1.807, 2.05) is 17.1 Å². The summed E-state index contributed by atoms with van der Waals surface area (Å²) in [6, 6.07) is 0.790. The second-order valence-corrected chi connectivity index (χ2v) is 8.08. The van der Waals surface area contributed by atoms with Crippen molar-refractivity contribution in [3.8, 4) is 0 Å². The van der Waals surface area contributed by atoms with Crippen molar-refractivity contribution in [1.29, 1.82) is 0 Å². The van der Waals surface area contributed by atoms with Crippen molar-refractivity contribution in [2.75, 3.05) is 20.1 Å². The quantitative estimate of drug-likeness (QED) is 0.843. The first kappa shape index (κ1) is 19.6. The molecule has 0 bridgehead atoms. The second kappa shape index (κ2) is 8.37. The molecule has 0 aromatic carbocycles. The maximum absolute atomic E-state index is 5.05. The van der Waals surface area contributed by atoms with E-state index in [1.165, 1.54) is 0 Å². The van der Waals surface area contributed by atoms with Gasteiger partial charge in [0.05, 0.1) is 35.5 Å². The summed E-state index contributed by atoms with van der Waals surface area (Å²) in [5.41, 5.74) is 5.12. The van der Waals surface area contributed by atoms with Crippen molar-refractivity contribution < 1.29 is 0 Å². The Kier molecular flexibility index (Phi) is 5.67. The molecule has 1 fully saturated rings. The first-order chi connectivity index (χ1) is 14.1. The number of aliphatic imine (C=N–C) groups is 1. The lowest BCUT2D eigenvalue weighted by Crippen LogP contribution is -2.29. The molecule has 2 aliphatic heterocycles. The molecule has 7 nitrogen and oxygen atoms in total. The lowest BCUT2D eigenvalue weighted by Gasteiger charge is -2.25. The molecule has 4 heterocycles. The van der Waals surface area contributed by atoms with E-state index >= 15 is 0 Å². The van der Waals surface area contributed by atoms with Crippen LogP contribution in [-0.2, 0) is 0 Å². The van der Waals surface area contributed by atoms with Crippen LogP contribution in [0.1, 0.15) is 63.2 Å². The zero-order chi connectivity index (χ0) is 20.4. The van der Waals surface area contributed by atoms with E-state index in [0.29, 0.717) is 12.1 Å². The molecule has 2 aromatic rings. The van der Waals surface area contributed by atoms with Crippen molar-refractivity contribution >= 4 is 11.4 Å². The highest BCUT2D eigenvalue weighted by Crippen LogP contribution is 2.28. The minimum atomic E-state index is 0.322. The monoisotopic (exact) mass is 393 g/mol. The van der Waals surface area contributed by atoms with Gasteiger partial charge in [-0.1, -0.05) is 13.0 Å². The van der Waals surface area contributed by atoms with Crippen LogP contribution in [0.2, 0.25) is 0 Å². The fourth-order valence-corrected chi connectivity index (χ4v) is 3.90. The number of aromatic nitrogens is 4. The third-order valence-corrected chi connectivity index (χ3v) is 5.55. The number of nitrogens with one attached hydrogen (secondary N) is 1. The zero-order valence-corrected chi connectivity index (χ0v) is 17.8. The maximum atomic E-state index is 5.05. The van der Waals surface area contributed by atoms with Gasteiger partial charge in [-0.25, -0.2) is 4.99 Å². The Hall–Kier alpha value is -2.67. The third kappa shape index (κ3) is 4.05. The van der Waals surface area contributed by atoms with Crippen molar-refractivity contribution in [3.63, 3.8) is 0 Å². The van der Waals surface area contributed by atoms with E-state index in [-0.39, 0.29) is 0 Å². The van der Waals surface area contributed by atoms with E-state index in [1.54, 1.807) is 0 Å². The molecule has 29 heavy (non-hydrogen) atoms. The van der Waals surface area contributed by atoms with Crippen LogP contribution >= 0.6 is 0 Å². The van der Waals surface area contributed by atoms with Gasteiger partial charge < -0.3 is 10.2 Å². The number of likely N-dealkylation sites (N-methyl/N-ethyl adjacent to an activating group) is 1. The van der Waals surface area contributed by atoms with Gasteiger partial charge in [0.1, 0.15) is 0 Å². The molecule has 7 heteroatoms. The lowest BCUT2D eigenvalue weighted by molar-refractivity contribution is 0.343. The summed E-state index contributed by atoms with van der Waals surface area (Å²) in [6.07, 6.45) is 15.6. The van der Waals surface area contributed by atoms with Crippen molar-refractivity contribution in [1.82, 2.24) is 29.8 Å². The van der Waals surface area contributed by atoms with Crippen molar-refractivity contribution in [3.05, 3.63) is 53.9 Å². The summed E-state index contributed by atoms with van der Waals surface area (Å²) in [6.45, 7) is 8.53. The number of allylic oxidation sites excluding steroid dienone is 2. The highest BCUT2D eigenvalue weighted by Gasteiger charge is 2.23. The van der Waals surface area contributed by atoms with Gasteiger partial charge in [0, 0.05) is 42.8 Å². The Morgan fingerprint density at radius 1 is 1.14 bits per heavy atom. The predicted octanol–water partition coefficient (Wildman–Crippen LogP) is 3.61. The van der Waals surface area contributed by atoms with Crippen LogP contribution in [-0.4, -0.2) is 50.3 Å². The van der Waals surface area contributed by atoms with E-state index in [9.17, 15) is 0 Å². The Bertz CT molecular complexity index is 938. The molecule has 2 aromatic heterocycles. The molecule has 1 N–H and O–H groups in total. The number of rotatable bonds is 5. The highest BCUT2D eigenvalue weighted by molar-refractivity contribution is 6.15. The van der Waals surface area contributed by atoms with E-state index in [2.05, 4.69) is 77.6 Å². The van der Waals surface area contributed by atoms with Gasteiger partial charge in [0.15, 0.2) is 0 Å². The van der Waals surface area contributed by atoms with Crippen LogP contribution in [0.4, 0.5) is 0 Å².